The molecule has 0 spiro atoms. The number of aromatic nitrogens is 2. The van der Waals surface area contributed by atoms with Crippen molar-refractivity contribution in [2.45, 2.75) is 44.2 Å². The lowest BCUT2D eigenvalue weighted by atomic mass is 9.83. The van der Waals surface area contributed by atoms with E-state index in [0.717, 1.165) is 37.1 Å². The summed E-state index contributed by atoms with van der Waals surface area (Å²) in [4.78, 5) is 9.26. The lowest BCUT2D eigenvalue weighted by Gasteiger charge is -2.38. The molecule has 1 aliphatic carbocycles. The lowest BCUT2D eigenvalue weighted by Crippen LogP contribution is -2.52. The minimum Gasteiger partial charge on any atom is -0.370 e. The summed E-state index contributed by atoms with van der Waals surface area (Å²) in [5.74, 6) is 1.77. The van der Waals surface area contributed by atoms with Gasteiger partial charge in [-0.05, 0) is 32.9 Å². The second kappa shape index (κ2) is 9.55. The van der Waals surface area contributed by atoms with Crippen molar-refractivity contribution in [2.24, 2.45) is 18.0 Å². The zero-order valence-corrected chi connectivity index (χ0v) is 17.4. The van der Waals surface area contributed by atoms with Crippen LogP contribution >= 0.6 is 0 Å². The van der Waals surface area contributed by atoms with Crippen molar-refractivity contribution in [3.05, 3.63) is 18.0 Å². The summed E-state index contributed by atoms with van der Waals surface area (Å²) in [5, 5.41) is 7.93. The van der Waals surface area contributed by atoms with Gasteiger partial charge in [-0.15, -0.1) is 0 Å². The fourth-order valence-electron chi connectivity index (χ4n) is 4.47. The minimum atomic E-state index is 0.0500. The Bertz CT molecular complexity index is 607. The van der Waals surface area contributed by atoms with Gasteiger partial charge in [0.05, 0.1) is 19.3 Å². The zero-order chi connectivity index (χ0) is 19.2. The van der Waals surface area contributed by atoms with Crippen LogP contribution in [0.4, 0.5) is 0 Å². The number of morpholine rings is 1. The van der Waals surface area contributed by atoms with Crippen LogP contribution in [0, 0.1) is 5.92 Å². The Morgan fingerprint density at radius 2 is 2.15 bits per heavy atom. The summed E-state index contributed by atoms with van der Waals surface area (Å²) >= 11 is 0. The van der Waals surface area contributed by atoms with E-state index in [0.29, 0.717) is 12.6 Å². The lowest BCUT2D eigenvalue weighted by molar-refractivity contribution is -0.00818. The van der Waals surface area contributed by atoms with Gasteiger partial charge in [0.25, 0.3) is 0 Å². The first-order valence-electron chi connectivity index (χ1n) is 10.3. The van der Waals surface area contributed by atoms with Gasteiger partial charge in [-0.25, -0.2) is 0 Å². The van der Waals surface area contributed by atoms with Crippen LogP contribution in [0.5, 0.6) is 0 Å². The SMILES string of the molecule is CN=C(NCC(C1CCCCC1)N(C)C)N1CCOC(c2cnn(C)c2)C1. The molecule has 3 rings (SSSR count). The Morgan fingerprint density at radius 3 is 2.78 bits per heavy atom. The number of guanidine groups is 1. The molecule has 1 saturated carbocycles. The molecule has 0 bridgehead atoms. The smallest absolute Gasteiger partial charge is 0.193 e. The maximum absolute atomic E-state index is 5.98. The van der Waals surface area contributed by atoms with Gasteiger partial charge in [-0.1, -0.05) is 19.3 Å². The normalized spacial score (nSPS) is 23.7. The van der Waals surface area contributed by atoms with Gasteiger partial charge in [-0.3, -0.25) is 9.67 Å². The predicted molar refractivity (Wildman–Crippen MR) is 109 cm³/mol. The molecule has 27 heavy (non-hydrogen) atoms. The molecule has 1 aromatic heterocycles. The Morgan fingerprint density at radius 1 is 1.37 bits per heavy atom. The topological polar surface area (TPSA) is 57.9 Å². The van der Waals surface area contributed by atoms with Crippen LogP contribution in [-0.4, -0.2) is 79.0 Å². The molecule has 7 heteroatoms. The standard InChI is InChI=1S/C20H36N6O/c1-21-20(22-13-18(24(2)3)16-8-6-5-7-9-16)26-10-11-27-19(15-26)17-12-23-25(4)14-17/h12,14,16,18-19H,5-11,13,15H2,1-4H3,(H,21,22). The molecule has 152 valence electrons. The van der Waals surface area contributed by atoms with Crippen molar-refractivity contribution < 1.29 is 4.74 Å². The van der Waals surface area contributed by atoms with E-state index in [1.165, 1.54) is 32.1 Å². The van der Waals surface area contributed by atoms with E-state index in [4.69, 9.17) is 4.74 Å². The van der Waals surface area contributed by atoms with E-state index in [-0.39, 0.29) is 6.10 Å². The maximum Gasteiger partial charge on any atom is 0.193 e. The summed E-state index contributed by atoms with van der Waals surface area (Å²) in [6, 6.07) is 0.553. The molecule has 0 radical (unpaired) electrons. The molecule has 2 aliphatic rings. The minimum absolute atomic E-state index is 0.0500. The number of ether oxygens (including phenoxy) is 1. The summed E-state index contributed by atoms with van der Waals surface area (Å²) in [6.07, 6.45) is 10.8. The number of nitrogens with zero attached hydrogens (tertiary/aromatic N) is 5. The third-order valence-corrected chi connectivity index (χ3v) is 6.00. The number of hydrogen-bond acceptors (Lipinski definition) is 4. The fraction of sp³-hybridized carbons (Fsp3) is 0.800. The molecular weight excluding hydrogens is 340 g/mol. The highest BCUT2D eigenvalue weighted by molar-refractivity contribution is 5.80. The van der Waals surface area contributed by atoms with Gasteiger partial charge in [-0.2, -0.15) is 5.10 Å². The molecule has 1 aliphatic heterocycles. The quantitative estimate of drug-likeness (QED) is 0.628. The summed E-state index contributed by atoms with van der Waals surface area (Å²) in [5.41, 5.74) is 1.13. The monoisotopic (exact) mass is 376 g/mol. The second-order valence-electron chi connectivity index (χ2n) is 8.11. The highest BCUT2D eigenvalue weighted by Crippen LogP contribution is 2.28. The van der Waals surface area contributed by atoms with Crippen LogP contribution in [0.15, 0.2) is 17.4 Å². The van der Waals surface area contributed by atoms with Crippen molar-refractivity contribution >= 4 is 5.96 Å². The number of rotatable bonds is 5. The van der Waals surface area contributed by atoms with Crippen LogP contribution in [0.2, 0.25) is 0 Å². The van der Waals surface area contributed by atoms with E-state index >= 15 is 0 Å². The van der Waals surface area contributed by atoms with Crippen LogP contribution in [0.25, 0.3) is 0 Å². The Kier molecular flexibility index (Phi) is 7.13. The molecule has 0 aromatic carbocycles. The maximum atomic E-state index is 5.98. The van der Waals surface area contributed by atoms with Crippen LogP contribution in [-0.2, 0) is 11.8 Å². The molecule has 0 amide bonds. The highest BCUT2D eigenvalue weighted by atomic mass is 16.5. The number of nitrogens with one attached hydrogen (secondary N) is 1. The van der Waals surface area contributed by atoms with Crippen molar-refractivity contribution in [3.8, 4) is 0 Å². The molecule has 1 saturated heterocycles. The molecular formula is C20H36N6O. The van der Waals surface area contributed by atoms with Crippen LogP contribution < -0.4 is 5.32 Å². The van der Waals surface area contributed by atoms with E-state index in [1.54, 1.807) is 0 Å². The molecule has 1 N–H and O–H groups in total. The predicted octanol–water partition coefficient (Wildman–Crippen LogP) is 1.88. The van der Waals surface area contributed by atoms with E-state index in [1.807, 2.05) is 31.2 Å². The first kappa shape index (κ1) is 20.1. The largest absolute Gasteiger partial charge is 0.370 e. The van der Waals surface area contributed by atoms with E-state index < -0.39 is 0 Å². The zero-order valence-electron chi connectivity index (χ0n) is 17.4. The second-order valence-corrected chi connectivity index (χ2v) is 8.11. The van der Waals surface area contributed by atoms with Crippen LogP contribution in [0.3, 0.4) is 0 Å². The Balaban J connectivity index is 1.58. The average Bonchev–Trinajstić information content (AvgIpc) is 3.12. The fourth-order valence-corrected chi connectivity index (χ4v) is 4.47. The molecule has 2 unspecified atom stereocenters. The van der Waals surface area contributed by atoms with Crippen LogP contribution in [0.1, 0.15) is 43.8 Å². The first-order valence-corrected chi connectivity index (χ1v) is 10.3. The summed E-state index contributed by atoms with van der Waals surface area (Å²) in [7, 11) is 8.23. The molecule has 2 atom stereocenters. The molecule has 2 heterocycles. The van der Waals surface area contributed by atoms with Crippen molar-refractivity contribution in [1.82, 2.24) is 24.9 Å². The Labute approximate surface area is 163 Å². The molecule has 2 fully saturated rings. The van der Waals surface area contributed by atoms with E-state index in [9.17, 15) is 0 Å². The van der Waals surface area contributed by atoms with Gasteiger partial charge in [0, 0.05) is 45.0 Å². The van der Waals surface area contributed by atoms with Crippen molar-refractivity contribution in [2.75, 3.05) is 47.4 Å². The first-order chi connectivity index (χ1) is 13.1. The van der Waals surface area contributed by atoms with Gasteiger partial charge in [0.2, 0.25) is 0 Å². The Hall–Kier alpha value is -1.60. The number of likely N-dealkylation sites (N-methyl/N-ethyl adjacent to an activating group) is 1. The van der Waals surface area contributed by atoms with E-state index in [2.05, 4.69) is 39.3 Å². The highest BCUT2D eigenvalue weighted by Gasteiger charge is 2.28. The van der Waals surface area contributed by atoms with Gasteiger partial charge >= 0.3 is 0 Å². The van der Waals surface area contributed by atoms with Gasteiger partial charge in [0.15, 0.2) is 5.96 Å². The molecule has 7 nitrogen and oxygen atoms in total. The van der Waals surface area contributed by atoms with Gasteiger partial charge < -0.3 is 19.9 Å². The summed E-state index contributed by atoms with van der Waals surface area (Å²) in [6.45, 7) is 3.33. The van der Waals surface area contributed by atoms with Gasteiger partial charge in [0.1, 0.15) is 6.10 Å². The van der Waals surface area contributed by atoms with Crippen molar-refractivity contribution in [1.29, 1.82) is 0 Å². The number of aliphatic imine (C=N–C) groups is 1. The third kappa shape index (κ3) is 5.23. The number of aryl methyl sites for hydroxylation is 1. The number of hydrogen-bond donors (Lipinski definition) is 1. The molecule has 1 aromatic rings. The van der Waals surface area contributed by atoms with Crippen molar-refractivity contribution in [3.63, 3.8) is 0 Å². The third-order valence-electron chi connectivity index (χ3n) is 6.00. The average molecular weight is 377 g/mol. The summed E-state index contributed by atoms with van der Waals surface area (Å²) < 4.78 is 7.81.